The zero-order valence-corrected chi connectivity index (χ0v) is 9.40. The van der Waals surface area contributed by atoms with Gasteiger partial charge in [0, 0.05) is 12.2 Å². The lowest BCUT2D eigenvalue weighted by atomic mass is 10.1. The van der Waals surface area contributed by atoms with Crippen LogP contribution in [-0.2, 0) is 11.3 Å². The standard InChI is InChI=1S/C12H15FN2O2/c13-11-9(7-17-6-8-4-5-8)2-1-3-10(11)12(14)15-16/h1-3,8,16H,4-7H2,(H2,14,15). The van der Waals surface area contributed by atoms with E-state index in [1.54, 1.807) is 12.1 Å². The van der Waals surface area contributed by atoms with Crippen molar-refractivity contribution in [1.29, 1.82) is 0 Å². The molecule has 1 aliphatic carbocycles. The summed E-state index contributed by atoms with van der Waals surface area (Å²) in [5, 5.41) is 11.3. The smallest absolute Gasteiger partial charge is 0.173 e. The van der Waals surface area contributed by atoms with Crippen LogP contribution in [0.4, 0.5) is 4.39 Å². The highest BCUT2D eigenvalue weighted by atomic mass is 19.1. The molecular formula is C12H15FN2O2. The van der Waals surface area contributed by atoms with Crippen molar-refractivity contribution in [3.8, 4) is 0 Å². The normalized spacial score (nSPS) is 16.2. The first-order valence-corrected chi connectivity index (χ1v) is 5.55. The molecule has 2 rings (SSSR count). The Labute approximate surface area is 98.9 Å². The van der Waals surface area contributed by atoms with Crippen molar-refractivity contribution in [3.05, 3.63) is 35.1 Å². The highest BCUT2D eigenvalue weighted by Gasteiger charge is 2.21. The Morgan fingerprint density at radius 3 is 2.94 bits per heavy atom. The lowest BCUT2D eigenvalue weighted by Gasteiger charge is -2.07. The summed E-state index contributed by atoms with van der Waals surface area (Å²) in [6, 6.07) is 4.76. The maximum atomic E-state index is 13.9. The number of nitrogens with zero attached hydrogens (tertiary/aromatic N) is 1. The predicted octanol–water partition coefficient (Wildman–Crippen LogP) is 1.85. The van der Waals surface area contributed by atoms with Crippen LogP contribution in [0.5, 0.6) is 0 Å². The van der Waals surface area contributed by atoms with E-state index in [4.69, 9.17) is 15.7 Å². The lowest BCUT2D eigenvalue weighted by molar-refractivity contribution is 0.109. The van der Waals surface area contributed by atoms with E-state index in [-0.39, 0.29) is 18.0 Å². The van der Waals surface area contributed by atoms with Crippen molar-refractivity contribution in [2.24, 2.45) is 16.8 Å². The summed E-state index contributed by atoms with van der Waals surface area (Å²) >= 11 is 0. The Balaban J connectivity index is 2.05. The van der Waals surface area contributed by atoms with Crippen LogP contribution in [0.1, 0.15) is 24.0 Å². The minimum atomic E-state index is -0.487. The molecule has 0 aliphatic heterocycles. The fraction of sp³-hybridized carbons (Fsp3) is 0.417. The SMILES string of the molecule is N/C(=N/O)c1cccc(COCC2CC2)c1F. The fourth-order valence-electron chi connectivity index (χ4n) is 1.56. The zero-order chi connectivity index (χ0) is 12.3. The van der Waals surface area contributed by atoms with Crippen LogP contribution in [-0.4, -0.2) is 17.6 Å². The molecule has 0 bridgehead atoms. The molecule has 1 aliphatic rings. The van der Waals surface area contributed by atoms with E-state index in [1.807, 2.05) is 0 Å². The molecule has 1 aromatic rings. The Morgan fingerprint density at radius 1 is 1.53 bits per heavy atom. The van der Waals surface area contributed by atoms with Crippen molar-refractivity contribution in [2.75, 3.05) is 6.61 Å². The molecule has 0 spiro atoms. The van der Waals surface area contributed by atoms with Gasteiger partial charge in [-0.2, -0.15) is 0 Å². The number of hydrogen-bond donors (Lipinski definition) is 2. The number of rotatable bonds is 5. The van der Waals surface area contributed by atoms with Gasteiger partial charge in [-0.3, -0.25) is 0 Å². The number of hydrogen-bond acceptors (Lipinski definition) is 3. The van der Waals surface area contributed by atoms with Crippen LogP contribution < -0.4 is 5.73 Å². The maximum absolute atomic E-state index is 13.9. The minimum absolute atomic E-state index is 0.0972. The van der Waals surface area contributed by atoms with E-state index in [2.05, 4.69) is 5.16 Å². The third-order valence-electron chi connectivity index (χ3n) is 2.77. The summed E-state index contributed by atoms with van der Waals surface area (Å²) in [7, 11) is 0. The van der Waals surface area contributed by atoms with E-state index in [9.17, 15) is 4.39 Å². The van der Waals surface area contributed by atoms with Crippen molar-refractivity contribution >= 4 is 5.84 Å². The second-order valence-corrected chi connectivity index (χ2v) is 4.22. The summed E-state index contributed by atoms with van der Waals surface area (Å²) in [6.07, 6.45) is 2.40. The molecule has 1 aromatic carbocycles. The first kappa shape index (κ1) is 11.9. The summed E-state index contributed by atoms with van der Waals surface area (Å²) in [4.78, 5) is 0. The average Bonchev–Trinajstić information content (AvgIpc) is 3.14. The molecule has 0 heterocycles. The van der Waals surface area contributed by atoms with Crippen LogP contribution in [0, 0.1) is 11.7 Å². The van der Waals surface area contributed by atoms with Gasteiger partial charge in [-0.05, 0) is 24.8 Å². The Bertz CT molecular complexity index is 431. The molecule has 0 amide bonds. The second kappa shape index (κ2) is 5.14. The number of ether oxygens (including phenoxy) is 1. The van der Waals surface area contributed by atoms with Gasteiger partial charge in [-0.25, -0.2) is 4.39 Å². The van der Waals surface area contributed by atoms with Crippen LogP contribution in [0.15, 0.2) is 23.4 Å². The predicted molar refractivity (Wildman–Crippen MR) is 61.3 cm³/mol. The van der Waals surface area contributed by atoms with E-state index in [0.717, 1.165) is 0 Å². The molecule has 5 heteroatoms. The van der Waals surface area contributed by atoms with Gasteiger partial charge in [0.25, 0.3) is 0 Å². The van der Waals surface area contributed by atoms with E-state index < -0.39 is 5.82 Å². The molecular weight excluding hydrogens is 223 g/mol. The number of nitrogens with two attached hydrogens (primary N) is 1. The number of oxime groups is 1. The highest BCUT2D eigenvalue weighted by Crippen LogP contribution is 2.29. The molecule has 0 unspecified atom stereocenters. The van der Waals surface area contributed by atoms with Gasteiger partial charge in [0.1, 0.15) is 5.82 Å². The summed E-state index contributed by atoms with van der Waals surface area (Å²) in [5.41, 5.74) is 5.89. The zero-order valence-electron chi connectivity index (χ0n) is 9.40. The molecule has 1 saturated carbocycles. The third-order valence-corrected chi connectivity index (χ3v) is 2.77. The van der Waals surface area contributed by atoms with Crippen molar-refractivity contribution in [1.82, 2.24) is 0 Å². The topological polar surface area (TPSA) is 67.8 Å². The van der Waals surface area contributed by atoms with Crippen LogP contribution in [0.3, 0.4) is 0 Å². The Kier molecular flexibility index (Phi) is 3.58. The van der Waals surface area contributed by atoms with Gasteiger partial charge in [0.05, 0.1) is 12.2 Å². The summed E-state index contributed by atoms with van der Waals surface area (Å²) < 4.78 is 19.3. The van der Waals surface area contributed by atoms with Gasteiger partial charge in [0.15, 0.2) is 5.84 Å². The van der Waals surface area contributed by atoms with Crippen LogP contribution in [0.2, 0.25) is 0 Å². The molecule has 0 radical (unpaired) electrons. The molecule has 3 N–H and O–H groups in total. The average molecular weight is 238 g/mol. The second-order valence-electron chi connectivity index (χ2n) is 4.22. The molecule has 0 aromatic heterocycles. The van der Waals surface area contributed by atoms with Gasteiger partial charge in [-0.15, -0.1) is 0 Å². The molecule has 1 fully saturated rings. The first-order chi connectivity index (χ1) is 8.22. The summed E-state index contributed by atoms with van der Waals surface area (Å²) in [6.45, 7) is 0.891. The molecule has 4 nitrogen and oxygen atoms in total. The largest absolute Gasteiger partial charge is 0.409 e. The number of halogens is 1. The Morgan fingerprint density at radius 2 is 2.29 bits per heavy atom. The minimum Gasteiger partial charge on any atom is -0.409 e. The van der Waals surface area contributed by atoms with Crippen molar-refractivity contribution < 1.29 is 14.3 Å². The highest BCUT2D eigenvalue weighted by molar-refractivity contribution is 5.97. The van der Waals surface area contributed by atoms with Gasteiger partial charge in [0.2, 0.25) is 0 Å². The lowest BCUT2D eigenvalue weighted by Crippen LogP contribution is -2.16. The molecule has 0 atom stereocenters. The number of benzene rings is 1. The van der Waals surface area contributed by atoms with Gasteiger partial charge < -0.3 is 15.7 Å². The van der Waals surface area contributed by atoms with Crippen LogP contribution >= 0.6 is 0 Å². The van der Waals surface area contributed by atoms with Gasteiger partial charge >= 0.3 is 0 Å². The number of amidine groups is 1. The van der Waals surface area contributed by atoms with Gasteiger partial charge in [-0.1, -0.05) is 17.3 Å². The fourth-order valence-corrected chi connectivity index (χ4v) is 1.56. The Hall–Kier alpha value is -1.62. The molecule has 92 valence electrons. The maximum Gasteiger partial charge on any atom is 0.173 e. The summed E-state index contributed by atoms with van der Waals surface area (Å²) in [5.74, 6) is -0.0737. The van der Waals surface area contributed by atoms with E-state index in [1.165, 1.54) is 18.9 Å². The molecule has 0 saturated heterocycles. The van der Waals surface area contributed by atoms with E-state index in [0.29, 0.717) is 18.1 Å². The quantitative estimate of drug-likeness (QED) is 0.356. The molecule has 17 heavy (non-hydrogen) atoms. The van der Waals surface area contributed by atoms with E-state index >= 15 is 0 Å². The monoisotopic (exact) mass is 238 g/mol. The third kappa shape index (κ3) is 2.94. The first-order valence-electron chi connectivity index (χ1n) is 5.55. The van der Waals surface area contributed by atoms with Crippen molar-refractivity contribution in [2.45, 2.75) is 19.4 Å². The van der Waals surface area contributed by atoms with Crippen molar-refractivity contribution in [3.63, 3.8) is 0 Å². The van der Waals surface area contributed by atoms with Crippen LogP contribution in [0.25, 0.3) is 0 Å².